The van der Waals surface area contributed by atoms with Gasteiger partial charge in [-0.3, -0.25) is 14.8 Å². The summed E-state index contributed by atoms with van der Waals surface area (Å²) in [5.41, 5.74) is 5.61. The number of aromatic nitrogens is 2. The van der Waals surface area contributed by atoms with Crippen LogP contribution in [0.1, 0.15) is 73.8 Å². The van der Waals surface area contributed by atoms with Crippen molar-refractivity contribution in [1.82, 2.24) is 25.5 Å². The molecule has 278 valence electrons. The van der Waals surface area contributed by atoms with E-state index in [0.717, 1.165) is 33.7 Å². The van der Waals surface area contributed by atoms with Crippen LogP contribution in [0.25, 0.3) is 0 Å². The van der Waals surface area contributed by atoms with Gasteiger partial charge in [0.15, 0.2) is 5.78 Å². The number of nitrogens with one attached hydrogen (secondary N) is 2. The Balaban J connectivity index is 1.29. The van der Waals surface area contributed by atoms with Gasteiger partial charge in [-0.2, -0.15) is 0 Å². The molecule has 0 bridgehead atoms. The molecule has 3 atom stereocenters. The van der Waals surface area contributed by atoms with E-state index < -0.39 is 12.1 Å². The zero-order chi connectivity index (χ0) is 36.8. The Bertz CT molecular complexity index is 1640. The molecule has 2 heterocycles. The van der Waals surface area contributed by atoms with E-state index in [1.165, 1.54) is 22.7 Å². The Hall–Kier alpha value is -4.13. The van der Waals surface area contributed by atoms with Gasteiger partial charge in [0, 0.05) is 35.8 Å². The highest BCUT2D eigenvalue weighted by Crippen LogP contribution is 2.29. The van der Waals surface area contributed by atoms with Gasteiger partial charge in [-0.1, -0.05) is 81.4 Å². The number of hydrogen-bond donors (Lipinski definition) is 2. The molecule has 0 aliphatic heterocycles. The van der Waals surface area contributed by atoms with Crippen molar-refractivity contribution in [2.75, 3.05) is 13.2 Å². The van der Waals surface area contributed by atoms with Crippen LogP contribution in [-0.4, -0.2) is 64.1 Å². The van der Waals surface area contributed by atoms with Crippen molar-refractivity contribution in [2.24, 2.45) is 11.3 Å². The molecule has 2 N–H and O–H groups in total. The molecule has 1 aliphatic carbocycles. The fraction of sp³-hybridized carbons (Fsp3) is 0.475. The maximum Gasteiger partial charge on any atom is 0.407 e. The topological polar surface area (TPSA) is 123 Å². The number of carbonyl (C=O) groups excluding carboxylic acids is 3. The van der Waals surface area contributed by atoms with Crippen molar-refractivity contribution < 1.29 is 23.9 Å². The Labute approximate surface area is 315 Å². The second-order valence-electron chi connectivity index (χ2n) is 14.8. The average Bonchev–Trinajstić information content (AvgIpc) is 3.56. The number of rotatable bonds is 20. The lowest BCUT2D eigenvalue weighted by molar-refractivity contribution is -0.123. The number of ketones is 1. The number of urea groups is 1. The summed E-state index contributed by atoms with van der Waals surface area (Å²) < 4.78 is 11.6. The van der Waals surface area contributed by atoms with E-state index in [0.29, 0.717) is 38.8 Å². The van der Waals surface area contributed by atoms with E-state index in [2.05, 4.69) is 53.5 Å². The number of hydrogen-bond acceptors (Lipinski definition) is 9. The minimum Gasteiger partial charge on any atom is -0.444 e. The lowest BCUT2D eigenvalue weighted by atomic mass is 9.86. The van der Waals surface area contributed by atoms with Crippen molar-refractivity contribution in [1.29, 1.82) is 0 Å². The van der Waals surface area contributed by atoms with Crippen molar-refractivity contribution in [3.63, 3.8) is 0 Å². The predicted octanol–water partition coefficient (Wildman–Crippen LogP) is 7.84. The smallest absolute Gasteiger partial charge is 0.407 e. The Morgan fingerprint density at radius 2 is 1.50 bits per heavy atom. The quantitative estimate of drug-likeness (QED) is 0.0946. The lowest BCUT2D eigenvalue weighted by Crippen LogP contribution is -2.50. The number of ether oxygens (including phenoxy) is 2. The lowest BCUT2D eigenvalue weighted by Gasteiger charge is -2.28. The third-order valence-electron chi connectivity index (χ3n) is 8.82. The minimum absolute atomic E-state index is 0.0399. The zero-order valence-corrected chi connectivity index (χ0v) is 32.0. The second kappa shape index (κ2) is 19.6. The van der Waals surface area contributed by atoms with Gasteiger partial charge in [-0.05, 0) is 61.0 Å². The van der Waals surface area contributed by atoms with Crippen LogP contribution in [-0.2, 0) is 40.3 Å². The summed E-state index contributed by atoms with van der Waals surface area (Å²) in [6.07, 6.45) is 7.77. The van der Waals surface area contributed by atoms with Gasteiger partial charge in [0.1, 0.15) is 12.6 Å². The molecular weight excluding hydrogens is 695 g/mol. The largest absolute Gasteiger partial charge is 0.444 e. The van der Waals surface area contributed by atoms with Crippen molar-refractivity contribution in [2.45, 2.75) is 97.0 Å². The van der Waals surface area contributed by atoms with Crippen LogP contribution >= 0.6 is 22.7 Å². The number of alkyl carbamates (subject to hydrolysis) is 1. The van der Waals surface area contributed by atoms with Gasteiger partial charge >= 0.3 is 12.1 Å². The van der Waals surface area contributed by atoms with E-state index in [9.17, 15) is 14.4 Å². The van der Waals surface area contributed by atoms with Gasteiger partial charge in [0.05, 0.1) is 35.7 Å². The zero-order valence-electron chi connectivity index (χ0n) is 30.4. The molecule has 0 saturated heterocycles. The number of carbonyl (C=O) groups is 3. The maximum absolute atomic E-state index is 14.3. The van der Waals surface area contributed by atoms with Crippen LogP contribution in [0.5, 0.6) is 0 Å². The molecule has 2 aromatic carbocycles. The summed E-state index contributed by atoms with van der Waals surface area (Å²) in [6, 6.07) is 19.1. The van der Waals surface area contributed by atoms with Crippen molar-refractivity contribution in [3.8, 4) is 0 Å². The predicted molar refractivity (Wildman–Crippen MR) is 205 cm³/mol. The highest BCUT2D eigenvalue weighted by Gasteiger charge is 2.35. The Morgan fingerprint density at radius 1 is 0.865 bits per heavy atom. The van der Waals surface area contributed by atoms with E-state index in [1.807, 2.05) is 53.4 Å². The molecule has 3 unspecified atom stereocenters. The van der Waals surface area contributed by atoms with Gasteiger partial charge in [-0.15, -0.1) is 22.7 Å². The van der Waals surface area contributed by atoms with Crippen molar-refractivity contribution in [3.05, 3.63) is 105 Å². The first-order chi connectivity index (χ1) is 25.1. The standard InChI is InChI=1S/C40H51N5O5S2/c1-40(2,3)26-49-25-36(44-38(47)45(33-16-17-33)23-34-21-41-27-51-34)37(46)20-31(18-29-10-6-4-7-11-29)14-15-32(19-30-12-8-5-9-13-30)43-39(48)50-24-35-22-42-28-52-35/h4-13,21-22,27-28,31-33,36H,14-20,23-26H2,1-3H3,(H,43,48)(H,44,47). The van der Waals surface area contributed by atoms with Gasteiger partial charge in [0.25, 0.3) is 0 Å². The van der Waals surface area contributed by atoms with E-state index in [-0.39, 0.29) is 54.9 Å². The summed E-state index contributed by atoms with van der Waals surface area (Å²) in [7, 11) is 0. The summed E-state index contributed by atoms with van der Waals surface area (Å²) in [5, 5.41) is 6.17. The number of Topliss-reactive ketones (excluding diaryl/α,β-unsaturated/α-hetero) is 1. The molecule has 0 spiro atoms. The number of benzene rings is 2. The molecule has 52 heavy (non-hydrogen) atoms. The van der Waals surface area contributed by atoms with Crippen LogP contribution < -0.4 is 10.6 Å². The molecule has 4 aromatic rings. The van der Waals surface area contributed by atoms with E-state index in [4.69, 9.17) is 9.47 Å². The van der Waals surface area contributed by atoms with Crippen molar-refractivity contribution >= 4 is 40.6 Å². The summed E-state index contributed by atoms with van der Waals surface area (Å²) >= 11 is 2.96. The first kappa shape index (κ1) is 39.1. The van der Waals surface area contributed by atoms with Crippen LogP contribution in [0, 0.1) is 11.3 Å². The van der Waals surface area contributed by atoms with E-state index >= 15 is 0 Å². The molecule has 1 fully saturated rings. The normalized spacial score (nSPS) is 14.6. The molecule has 1 aliphatic rings. The Morgan fingerprint density at radius 3 is 2.10 bits per heavy atom. The fourth-order valence-corrected chi connectivity index (χ4v) is 7.14. The molecule has 0 radical (unpaired) electrons. The minimum atomic E-state index is -0.796. The Kier molecular flexibility index (Phi) is 14.8. The van der Waals surface area contributed by atoms with Crippen LogP contribution in [0.2, 0.25) is 0 Å². The molecule has 2 aromatic heterocycles. The summed E-state index contributed by atoms with van der Waals surface area (Å²) in [5.74, 6) is -0.102. The van der Waals surface area contributed by atoms with Crippen LogP contribution in [0.15, 0.2) is 84.1 Å². The van der Waals surface area contributed by atoms with E-state index in [1.54, 1.807) is 23.4 Å². The summed E-state index contributed by atoms with van der Waals surface area (Å²) in [4.78, 5) is 52.9. The second-order valence-corrected chi connectivity index (χ2v) is 16.7. The number of nitrogens with zero attached hydrogens (tertiary/aromatic N) is 3. The SMILES string of the molecule is CC(C)(C)COCC(NC(=O)N(Cc1cncs1)C1CC1)C(=O)CC(CCC(Cc1ccccc1)NC(=O)OCc1cncs1)Cc1ccccc1. The van der Waals surface area contributed by atoms with Gasteiger partial charge < -0.3 is 25.0 Å². The number of thiazole rings is 2. The van der Waals surface area contributed by atoms with Gasteiger partial charge in [-0.25, -0.2) is 9.59 Å². The molecule has 5 rings (SSSR count). The molecule has 3 amide bonds. The van der Waals surface area contributed by atoms with Crippen LogP contribution in [0.4, 0.5) is 9.59 Å². The summed E-state index contributed by atoms with van der Waals surface area (Å²) in [6.45, 7) is 7.42. The highest BCUT2D eigenvalue weighted by atomic mass is 32.1. The molecule has 1 saturated carbocycles. The monoisotopic (exact) mass is 745 g/mol. The fourth-order valence-electron chi connectivity index (χ4n) is 6.04. The maximum atomic E-state index is 14.3. The third kappa shape index (κ3) is 13.8. The average molecular weight is 746 g/mol. The molecule has 10 nitrogen and oxygen atoms in total. The van der Waals surface area contributed by atoms with Crippen LogP contribution in [0.3, 0.4) is 0 Å². The first-order valence-electron chi connectivity index (χ1n) is 18.0. The highest BCUT2D eigenvalue weighted by molar-refractivity contribution is 7.09. The third-order valence-corrected chi connectivity index (χ3v) is 10.3. The van der Waals surface area contributed by atoms with Gasteiger partial charge in [0.2, 0.25) is 0 Å². The molecule has 12 heteroatoms. The number of amides is 3. The first-order valence-corrected chi connectivity index (χ1v) is 19.8. The molecular formula is C40H51N5O5S2.